The molecule has 0 radical (unpaired) electrons. The van der Waals surface area contributed by atoms with Gasteiger partial charge in [0.25, 0.3) is 0 Å². The fraction of sp³-hybridized carbons (Fsp3) is 0.929. The summed E-state index contributed by atoms with van der Waals surface area (Å²) < 4.78 is 0. The van der Waals surface area contributed by atoms with Crippen molar-refractivity contribution in [1.29, 1.82) is 5.26 Å². The van der Waals surface area contributed by atoms with Crippen LogP contribution in [0.15, 0.2) is 0 Å². The predicted molar refractivity (Wildman–Crippen MR) is 70.2 cm³/mol. The molecule has 0 rings (SSSR count). The smallest absolute Gasteiger partial charge is 0.0683 e. The number of rotatable bonds is 7. The van der Waals surface area contributed by atoms with E-state index in [9.17, 15) is 0 Å². The maximum Gasteiger partial charge on any atom is 0.0683 e. The van der Waals surface area contributed by atoms with Gasteiger partial charge in [-0.05, 0) is 53.1 Å². The Hall–Kier alpha value is -0.550. The lowest BCUT2D eigenvalue weighted by Gasteiger charge is -2.28. The normalized spacial score (nSPS) is 14.2. The molecule has 2 heteroatoms. The molecule has 2 nitrogen and oxygen atoms in total. The zero-order valence-corrected chi connectivity index (χ0v) is 11.9. The highest BCUT2D eigenvalue weighted by molar-refractivity contribution is 4.91. The molecule has 1 atom stereocenters. The molecule has 0 aliphatic carbocycles. The largest absolute Gasteiger partial charge is 0.303 e. The van der Waals surface area contributed by atoms with E-state index in [-0.39, 0.29) is 5.41 Å². The van der Waals surface area contributed by atoms with E-state index in [1.54, 1.807) is 0 Å². The average Bonchev–Trinajstić information content (AvgIpc) is 2.22. The maximum absolute atomic E-state index is 8.90. The summed E-state index contributed by atoms with van der Waals surface area (Å²) in [7, 11) is 2.19. The molecular formula is C14H28N2. The van der Waals surface area contributed by atoms with Crippen molar-refractivity contribution in [2.45, 2.75) is 59.9 Å². The third-order valence-electron chi connectivity index (χ3n) is 3.53. The molecular weight excluding hydrogens is 196 g/mol. The van der Waals surface area contributed by atoms with Gasteiger partial charge in [-0.25, -0.2) is 0 Å². The van der Waals surface area contributed by atoms with Crippen LogP contribution in [0.5, 0.6) is 0 Å². The SMILES string of the molecule is CC(C)C(C)N(C)CCCCC(C)(C)C#N. The first kappa shape index (κ1) is 15.4. The molecule has 0 aromatic carbocycles. The lowest BCUT2D eigenvalue weighted by atomic mass is 9.89. The molecule has 0 amide bonds. The van der Waals surface area contributed by atoms with Gasteiger partial charge in [-0.2, -0.15) is 5.26 Å². The summed E-state index contributed by atoms with van der Waals surface area (Å²) in [6, 6.07) is 3.00. The molecule has 0 aliphatic heterocycles. The molecule has 0 saturated heterocycles. The second kappa shape index (κ2) is 6.91. The summed E-state index contributed by atoms with van der Waals surface area (Å²) in [5, 5.41) is 8.90. The van der Waals surface area contributed by atoms with Crippen molar-refractivity contribution < 1.29 is 0 Å². The van der Waals surface area contributed by atoms with Crippen LogP contribution in [0.3, 0.4) is 0 Å². The third kappa shape index (κ3) is 6.12. The first-order valence-electron chi connectivity index (χ1n) is 6.41. The Morgan fingerprint density at radius 3 is 2.19 bits per heavy atom. The summed E-state index contributed by atoms with van der Waals surface area (Å²) >= 11 is 0. The summed E-state index contributed by atoms with van der Waals surface area (Å²) in [5.74, 6) is 0.709. The van der Waals surface area contributed by atoms with E-state index in [1.165, 1.54) is 6.42 Å². The van der Waals surface area contributed by atoms with Gasteiger partial charge in [-0.1, -0.05) is 20.3 Å². The fourth-order valence-electron chi connectivity index (χ4n) is 1.70. The van der Waals surface area contributed by atoms with Crippen LogP contribution in [-0.2, 0) is 0 Å². The molecule has 16 heavy (non-hydrogen) atoms. The molecule has 1 unspecified atom stereocenters. The van der Waals surface area contributed by atoms with E-state index in [2.05, 4.69) is 38.8 Å². The predicted octanol–water partition coefficient (Wildman–Crippen LogP) is 3.68. The molecule has 0 bridgehead atoms. The van der Waals surface area contributed by atoms with Crippen LogP contribution in [0.1, 0.15) is 53.9 Å². The summed E-state index contributed by atoms with van der Waals surface area (Å²) in [5.41, 5.74) is -0.151. The molecule has 0 spiro atoms. The molecule has 0 aromatic rings. The molecule has 0 aromatic heterocycles. The summed E-state index contributed by atoms with van der Waals surface area (Å²) in [6.45, 7) is 12.0. The second-order valence-corrected chi connectivity index (χ2v) is 5.92. The van der Waals surface area contributed by atoms with Crippen LogP contribution in [0.2, 0.25) is 0 Å². The lowest BCUT2D eigenvalue weighted by Crippen LogP contribution is -2.34. The van der Waals surface area contributed by atoms with Crippen molar-refractivity contribution in [3.05, 3.63) is 0 Å². The highest BCUT2D eigenvalue weighted by Gasteiger charge is 2.16. The van der Waals surface area contributed by atoms with E-state index < -0.39 is 0 Å². The Labute approximate surface area is 102 Å². The minimum absolute atomic E-state index is 0.151. The third-order valence-corrected chi connectivity index (χ3v) is 3.53. The fourth-order valence-corrected chi connectivity index (χ4v) is 1.70. The van der Waals surface area contributed by atoms with Gasteiger partial charge in [0.05, 0.1) is 11.5 Å². The van der Waals surface area contributed by atoms with Gasteiger partial charge in [0, 0.05) is 6.04 Å². The monoisotopic (exact) mass is 224 g/mol. The average molecular weight is 224 g/mol. The van der Waals surface area contributed by atoms with E-state index in [0.29, 0.717) is 12.0 Å². The van der Waals surface area contributed by atoms with E-state index >= 15 is 0 Å². The van der Waals surface area contributed by atoms with Crippen molar-refractivity contribution in [1.82, 2.24) is 4.90 Å². The number of nitriles is 1. The highest BCUT2D eigenvalue weighted by atomic mass is 15.1. The van der Waals surface area contributed by atoms with E-state index in [4.69, 9.17) is 5.26 Å². The lowest BCUT2D eigenvalue weighted by molar-refractivity contribution is 0.202. The number of nitrogens with zero attached hydrogens (tertiary/aromatic N) is 2. The van der Waals surface area contributed by atoms with Crippen LogP contribution < -0.4 is 0 Å². The number of hydrogen-bond acceptors (Lipinski definition) is 2. The summed E-state index contributed by atoms with van der Waals surface area (Å²) in [4.78, 5) is 2.42. The molecule has 94 valence electrons. The zero-order chi connectivity index (χ0) is 12.8. The Bertz CT molecular complexity index is 225. The Balaban J connectivity index is 3.72. The van der Waals surface area contributed by atoms with E-state index in [0.717, 1.165) is 19.4 Å². The van der Waals surface area contributed by atoms with Crippen molar-refractivity contribution >= 4 is 0 Å². The molecule has 0 aliphatic rings. The molecule has 0 N–H and O–H groups in total. The second-order valence-electron chi connectivity index (χ2n) is 5.92. The van der Waals surface area contributed by atoms with Crippen molar-refractivity contribution in [2.24, 2.45) is 11.3 Å². The number of unbranched alkanes of at least 4 members (excludes halogenated alkanes) is 1. The van der Waals surface area contributed by atoms with Crippen LogP contribution in [-0.4, -0.2) is 24.5 Å². The standard InChI is InChI=1S/C14H28N2/c1-12(2)13(3)16(6)10-8-7-9-14(4,5)11-15/h12-13H,7-10H2,1-6H3. The Kier molecular flexibility index (Phi) is 6.67. The topological polar surface area (TPSA) is 27.0 Å². The molecule has 0 saturated carbocycles. The van der Waals surface area contributed by atoms with Gasteiger partial charge in [0.1, 0.15) is 0 Å². The van der Waals surface area contributed by atoms with Crippen LogP contribution in [0.4, 0.5) is 0 Å². The van der Waals surface area contributed by atoms with Crippen LogP contribution >= 0.6 is 0 Å². The van der Waals surface area contributed by atoms with Gasteiger partial charge < -0.3 is 4.90 Å². The molecule has 0 fully saturated rings. The quantitative estimate of drug-likeness (QED) is 0.617. The number of hydrogen-bond donors (Lipinski definition) is 0. The van der Waals surface area contributed by atoms with Gasteiger partial charge in [-0.15, -0.1) is 0 Å². The van der Waals surface area contributed by atoms with Gasteiger partial charge in [0.2, 0.25) is 0 Å². The highest BCUT2D eigenvalue weighted by Crippen LogP contribution is 2.21. The zero-order valence-electron chi connectivity index (χ0n) is 11.9. The first-order valence-corrected chi connectivity index (χ1v) is 6.41. The van der Waals surface area contributed by atoms with Crippen molar-refractivity contribution in [2.75, 3.05) is 13.6 Å². The Morgan fingerprint density at radius 1 is 1.19 bits per heavy atom. The molecule has 0 heterocycles. The van der Waals surface area contributed by atoms with Crippen LogP contribution in [0.25, 0.3) is 0 Å². The summed E-state index contributed by atoms with van der Waals surface area (Å²) in [6.07, 6.45) is 3.35. The van der Waals surface area contributed by atoms with Crippen molar-refractivity contribution in [3.8, 4) is 6.07 Å². The minimum atomic E-state index is -0.151. The van der Waals surface area contributed by atoms with Gasteiger partial charge in [-0.3, -0.25) is 0 Å². The first-order chi connectivity index (χ1) is 7.30. The maximum atomic E-state index is 8.90. The Morgan fingerprint density at radius 2 is 1.75 bits per heavy atom. The van der Waals surface area contributed by atoms with Crippen molar-refractivity contribution in [3.63, 3.8) is 0 Å². The van der Waals surface area contributed by atoms with E-state index in [1.807, 2.05) is 13.8 Å². The van der Waals surface area contributed by atoms with Gasteiger partial charge in [0.15, 0.2) is 0 Å². The minimum Gasteiger partial charge on any atom is -0.303 e. The van der Waals surface area contributed by atoms with Crippen LogP contribution in [0, 0.1) is 22.7 Å². The van der Waals surface area contributed by atoms with Gasteiger partial charge >= 0.3 is 0 Å².